The van der Waals surface area contributed by atoms with Crippen LogP contribution in [0, 0.1) is 6.92 Å². The number of hydrogen-bond donors (Lipinski definition) is 0. The Hall–Kier alpha value is -2.14. The van der Waals surface area contributed by atoms with Gasteiger partial charge in [0.15, 0.2) is 5.78 Å². The quantitative estimate of drug-likeness (QED) is 0.425. The largest absolute Gasteiger partial charge is 0.461 e. The molecule has 0 amide bonds. The molecule has 0 radical (unpaired) electrons. The van der Waals surface area contributed by atoms with E-state index < -0.39 is 0 Å². The first-order chi connectivity index (χ1) is 11.0. The van der Waals surface area contributed by atoms with Crippen LogP contribution in [0.2, 0.25) is 0 Å². The molecule has 0 spiro atoms. The summed E-state index contributed by atoms with van der Waals surface area (Å²) in [6, 6.07) is 12.7. The number of Topliss-reactive ketones (excluding diaryl/α,β-unsaturated/α-hetero) is 1. The molecule has 23 heavy (non-hydrogen) atoms. The molecular weight excluding hydrogens is 360 g/mol. The van der Waals surface area contributed by atoms with Gasteiger partial charge in [-0.05, 0) is 37.3 Å². The van der Waals surface area contributed by atoms with Crippen LogP contribution < -0.4 is 4.74 Å². The van der Waals surface area contributed by atoms with Gasteiger partial charge >= 0.3 is 5.97 Å². The second kappa shape index (κ2) is 7.92. The summed E-state index contributed by atoms with van der Waals surface area (Å²) < 4.78 is 10.9. The van der Waals surface area contributed by atoms with Crippen LogP contribution in [0.3, 0.4) is 0 Å². The number of rotatable bonds is 6. The number of ketones is 1. The fourth-order valence-electron chi connectivity index (χ4n) is 1.96. The molecule has 0 aliphatic heterocycles. The van der Waals surface area contributed by atoms with E-state index in [1.165, 1.54) is 6.92 Å². The first-order valence-corrected chi connectivity index (χ1v) is 8.21. The highest BCUT2D eigenvalue weighted by molar-refractivity contribution is 9.09. The second-order valence-corrected chi connectivity index (χ2v) is 5.64. The average Bonchev–Trinajstić information content (AvgIpc) is 2.55. The molecule has 0 aliphatic carbocycles. The predicted octanol–water partition coefficient (Wildman–Crippen LogP) is 4.43. The fraction of sp³-hybridized carbons (Fsp3) is 0.222. The van der Waals surface area contributed by atoms with Gasteiger partial charge in [0.05, 0.1) is 5.33 Å². The molecule has 0 heterocycles. The van der Waals surface area contributed by atoms with E-state index in [0.29, 0.717) is 22.6 Å². The average molecular weight is 377 g/mol. The van der Waals surface area contributed by atoms with Crippen molar-refractivity contribution in [2.24, 2.45) is 0 Å². The highest BCUT2D eigenvalue weighted by Gasteiger charge is 2.12. The summed E-state index contributed by atoms with van der Waals surface area (Å²) in [7, 11) is 0. The van der Waals surface area contributed by atoms with Crippen LogP contribution in [-0.2, 0) is 16.1 Å². The Morgan fingerprint density at radius 3 is 2.39 bits per heavy atom. The third kappa shape index (κ3) is 4.93. The minimum atomic E-state index is -0.386. The van der Waals surface area contributed by atoms with Crippen LogP contribution in [0.15, 0.2) is 42.5 Å². The van der Waals surface area contributed by atoms with Gasteiger partial charge in [-0.1, -0.05) is 33.6 Å². The zero-order valence-corrected chi connectivity index (χ0v) is 14.6. The van der Waals surface area contributed by atoms with Gasteiger partial charge in [-0.2, -0.15) is 0 Å². The Morgan fingerprint density at radius 2 is 1.78 bits per heavy atom. The number of halogens is 1. The number of esters is 1. The number of carbonyl (C=O) groups excluding carboxylic acids is 2. The van der Waals surface area contributed by atoms with E-state index >= 15 is 0 Å². The van der Waals surface area contributed by atoms with E-state index in [0.717, 1.165) is 5.56 Å². The molecule has 4 nitrogen and oxygen atoms in total. The van der Waals surface area contributed by atoms with E-state index in [9.17, 15) is 9.59 Å². The molecule has 0 saturated heterocycles. The fourth-order valence-corrected chi connectivity index (χ4v) is 2.28. The maximum absolute atomic E-state index is 11.8. The Morgan fingerprint density at radius 1 is 1.09 bits per heavy atom. The first-order valence-electron chi connectivity index (χ1n) is 7.09. The Bertz CT molecular complexity index is 707. The summed E-state index contributed by atoms with van der Waals surface area (Å²) in [5, 5.41) is 0.234. The zero-order chi connectivity index (χ0) is 16.8. The number of hydrogen-bond acceptors (Lipinski definition) is 4. The molecule has 0 atom stereocenters. The van der Waals surface area contributed by atoms with Crippen molar-refractivity contribution in [3.63, 3.8) is 0 Å². The van der Waals surface area contributed by atoms with Crippen LogP contribution >= 0.6 is 15.9 Å². The third-order valence-corrected chi connectivity index (χ3v) is 3.69. The number of aryl methyl sites for hydroxylation is 1. The first kappa shape index (κ1) is 17.2. The molecular formula is C18H17BrO4. The van der Waals surface area contributed by atoms with Crippen LogP contribution in [0.4, 0.5) is 0 Å². The Kier molecular flexibility index (Phi) is 5.93. The molecule has 0 fully saturated rings. The highest BCUT2D eigenvalue weighted by atomic mass is 79.9. The third-order valence-electron chi connectivity index (χ3n) is 3.18. The van der Waals surface area contributed by atoms with Crippen molar-refractivity contribution in [2.45, 2.75) is 20.5 Å². The molecule has 2 rings (SSSR count). The van der Waals surface area contributed by atoms with Gasteiger partial charge in [-0.25, -0.2) is 0 Å². The molecule has 0 aromatic heterocycles. The molecule has 0 saturated carbocycles. The Balaban J connectivity index is 2.30. The topological polar surface area (TPSA) is 52.6 Å². The molecule has 2 aromatic carbocycles. The normalized spacial score (nSPS) is 10.2. The molecule has 5 heteroatoms. The van der Waals surface area contributed by atoms with Crippen molar-refractivity contribution in [3.05, 3.63) is 59.2 Å². The summed E-state index contributed by atoms with van der Waals surface area (Å²) in [5.41, 5.74) is 2.32. The van der Waals surface area contributed by atoms with Gasteiger partial charge in [-0.15, -0.1) is 0 Å². The zero-order valence-electron chi connectivity index (χ0n) is 13.0. The van der Waals surface area contributed by atoms with E-state index in [-0.39, 0.29) is 23.7 Å². The number of benzene rings is 2. The molecule has 0 bridgehead atoms. The van der Waals surface area contributed by atoms with Crippen molar-refractivity contribution in [1.29, 1.82) is 0 Å². The van der Waals surface area contributed by atoms with Crippen molar-refractivity contribution >= 4 is 27.7 Å². The lowest BCUT2D eigenvalue weighted by Crippen LogP contribution is -2.05. The standard InChI is InChI=1S/C18H17BrO4/c1-12-3-6-16(7-4-12)23-18-8-5-14(17(21)10-19)9-15(18)11-22-13(2)20/h3-9H,10-11H2,1-2H3. The highest BCUT2D eigenvalue weighted by Crippen LogP contribution is 2.27. The van der Waals surface area contributed by atoms with E-state index in [1.807, 2.05) is 31.2 Å². The maximum Gasteiger partial charge on any atom is 0.302 e. The SMILES string of the molecule is CC(=O)OCc1cc(C(=O)CBr)ccc1Oc1ccc(C)cc1. The van der Waals surface area contributed by atoms with Crippen LogP contribution in [0.5, 0.6) is 11.5 Å². The molecule has 0 aliphatic rings. The predicted molar refractivity (Wildman–Crippen MR) is 91.3 cm³/mol. The number of carbonyl (C=O) groups is 2. The Labute approximate surface area is 143 Å². The molecule has 0 N–H and O–H groups in total. The lowest BCUT2D eigenvalue weighted by molar-refractivity contribution is -0.142. The monoisotopic (exact) mass is 376 g/mol. The molecule has 0 unspecified atom stereocenters. The smallest absolute Gasteiger partial charge is 0.302 e. The van der Waals surface area contributed by atoms with Gasteiger partial charge in [0.2, 0.25) is 0 Å². The van der Waals surface area contributed by atoms with E-state index in [4.69, 9.17) is 9.47 Å². The summed E-state index contributed by atoms with van der Waals surface area (Å²) in [4.78, 5) is 22.9. The minimum Gasteiger partial charge on any atom is -0.461 e. The lowest BCUT2D eigenvalue weighted by Gasteiger charge is -2.13. The lowest BCUT2D eigenvalue weighted by atomic mass is 10.1. The van der Waals surface area contributed by atoms with Crippen molar-refractivity contribution in [2.75, 3.05) is 5.33 Å². The molecule has 120 valence electrons. The van der Waals surface area contributed by atoms with E-state index in [1.54, 1.807) is 18.2 Å². The van der Waals surface area contributed by atoms with Crippen molar-refractivity contribution < 1.29 is 19.1 Å². The maximum atomic E-state index is 11.8. The second-order valence-electron chi connectivity index (χ2n) is 5.07. The number of alkyl halides is 1. The van der Waals surface area contributed by atoms with Gasteiger partial charge in [0, 0.05) is 18.1 Å². The summed E-state index contributed by atoms with van der Waals surface area (Å²) in [6.07, 6.45) is 0. The van der Waals surface area contributed by atoms with Gasteiger partial charge in [0.25, 0.3) is 0 Å². The summed E-state index contributed by atoms with van der Waals surface area (Å²) in [6.45, 7) is 3.39. The van der Waals surface area contributed by atoms with Crippen molar-refractivity contribution in [3.8, 4) is 11.5 Å². The van der Waals surface area contributed by atoms with Crippen LogP contribution in [0.25, 0.3) is 0 Å². The van der Waals surface area contributed by atoms with Gasteiger partial charge < -0.3 is 9.47 Å². The van der Waals surface area contributed by atoms with Crippen LogP contribution in [0.1, 0.15) is 28.4 Å². The molecule has 2 aromatic rings. The van der Waals surface area contributed by atoms with Crippen molar-refractivity contribution in [1.82, 2.24) is 0 Å². The summed E-state index contributed by atoms with van der Waals surface area (Å²) in [5.74, 6) is 0.805. The van der Waals surface area contributed by atoms with Gasteiger partial charge in [0.1, 0.15) is 18.1 Å². The van der Waals surface area contributed by atoms with E-state index in [2.05, 4.69) is 15.9 Å². The number of ether oxygens (including phenoxy) is 2. The van der Waals surface area contributed by atoms with Gasteiger partial charge in [-0.3, -0.25) is 9.59 Å². The summed E-state index contributed by atoms with van der Waals surface area (Å²) >= 11 is 3.15. The van der Waals surface area contributed by atoms with Crippen LogP contribution in [-0.4, -0.2) is 17.1 Å². The minimum absolute atomic E-state index is 0.0454.